The van der Waals surface area contributed by atoms with Crippen molar-refractivity contribution < 1.29 is 13.9 Å². The second kappa shape index (κ2) is 7.37. The molecule has 1 aliphatic heterocycles. The summed E-state index contributed by atoms with van der Waals surface area (Å²) >= 11 is 0. The number of hydrogen-bond donors (Lipinski definition) is 2. The number of benzene rings is 1. The van der Waals surface area contributed by atoms with Gasteiger partial charge >= 0.3 is 0 Å². The van der Waals surface area contributed by atoms with Gasteiger partial charge in [-0.2, -0.15) is 0 Å². The molecule has 134 valence electrons. The van der Waals surface area contributed by atoms with Crippen molar-refractivity contribution in [3.8, 4) is 11.3 Å². The van der Waals surface area contributed by atoms with Gasteiger partial charge in [0, 0.05) is 18.7 Å². The smallest absolute Gasteiger partial charge is 0.237 e. The maximum atomic E-state index is 12.3. The first-order chi connectivity index (χ1) is 11.9. The van der Waals surface area contributed by atoms with Gasteiger partial charge in [-0.05, 0) is 32.8 Å². The second-order valence-corrected chi connectivity index (χ2v) is 7.33. The molecule has 1 fully saturated rings. The van der Waals surface area contributed by atoms with Gasteiger partial charge in [0.05, 0.1) is 23.9 Å². The van der Waals surface area contributed by atoms with Crippen molar-refractivity contribution in [2.75, 3.05) is 6.54 Å². The molecule has 2 atom stereocenters. The van der Waals surface area contributed by atoms with E-state index in [4.69, 9.17) is 9.15 Å². The summed E-state index contributed by atoms with van der Waals surface area (Å²) in [5.74, 6) is 0.745. The van der Waals surface area contributed by atoms with Crippen molar-refractivity contribution in [3.05, 3.63) is 42.4 Å². The topological polar surface area (TPSA) is 76.4 Å². The largest absolute Gasteiger partial charge is 0.444 e. The van der Waals surface area contributed by atoms with Gasteiger partial charge in [0.2, 0.25) is 5.91 Å². The Bertz CT molecular complexity index is 690. The van der Waals surface area contributed by atoms with Crippen LogP contribution in [0.2, 0.25) is 0 Å². The third kappa shape index (κ3) is 4.90. The van der Waals surface area contributed by atoms with Crippen LogP contribution in [-0.2, 0) is 16.1 Å². The molecule has 0 saturated carbocycles. The van der Waals surface area contributed by atoms with Gasteiger partial charge in [0.25, 0.3) is 0 Å². The predicted octanol–water partition coefficient (Wildman–Crippen LogP) is 2.50. The van der Waals surface area contributed by atoms with Gasteiger partial charge < -0.3 is 19.8 Å². The molecule has 0 radical (unpaired) electrons. The van der Waals surface area contributed by atoms with E-state index in [1.165, 1.54) is 6.39 Å². The highest BCUT2D eigenvalue weighted by atomic mass is 16.5. The van der Waals surface area contributed by atoms with Crippen LogP contribution in [0.25, 0.3) is 11.3 Å². The molecular formula is C19H25N3O3. The van der Waals surface area contributed by atoms with E-state index in [1.54, 1.807) is 6.20 Å². The molecule has 0 bridgehead atoms. The molecule has 1 unspecified atom stereocenters. The Hall–Kier alpha value is -2.18. The number of nitrogens with one attached hydrogen (secondary N) is 2. The molecule has 1 aromatic carbocycles. The Morgan fingerprint density at radius 1 is 1.36 bits per heavy atom. The first-order valence-electron chi connectivity index (χ1n) is 8.57. The van der Waals surface area contributed by atoms with E-state index < -0.39 is 0 Å². The average Bonchev–Trinajstić information content (AvgIpc) is 3.23. The number of ether oxygens (including phenoxy) is 1. The van der Waals surface area contributed by atoms with E-state index in [2.05, 4.69) is 15.6 Å². The Morgan fingerprint density at radius 3 is 2.76 bits per heavy atom. The summed E-state index contributed by atoms with van der Waals surface area (Å²) < 4.78 is 11.2. The zero-order valence-electron chi connectivity index (χ0n) is 14.9. The zero-order valence-corrected chi connectivity index (χ0v) is 14.9. The molecule has 0 spiro atoms. The minimum Gasteiger partial charge on any atom is -0.444 e. The lowest BCUT2D eigenvalue weighted by Crippen LogP contribution is -2.40. The number of rotatable bonds is 5. The fraction of sp³-hybridized carbons (Fsp3) is 0.474. The summed E-state index contributed by atoms with van der Waals surface area (Å²) in [4.78, 5) is 16.2. The van der Waals surface area contributed by atoms with E-state index in [9.17, 15) is 4.79 Å². The van der Waals surface area contributed by atoms with E-state index in [1.807, 2.05) is 45.0 Å². The molecule has 6 heteroatoms. The molecular weight excluding hydrogens is 318 g/mol. The molecule has 1 saturated heterocycles. The van der Waals surface area contributed by atoms with Crippen LogP contribution >= 0.6 is 0 Å². The molecule has 2 N–H and O–H groups in total. The second-order valence-electron chi connectivity index (χ2n) is 7.33. The van der Waals surface area contributed by atoms with Crippen LogP contribution in [0.4, 0.5) is 0 Å². The van der Waals surface area contributed by atoms with Crippen molar-refractivity contribution in [1.29, 1.82) is 0 Å². The third-order valence-corrected chi connectivity index (χ3v) is 4.06. The van der Waals surface area contributed by atoms with Crippen molar-refractivity contribution in [2.24, 2.45) is 0 Å². The fourth-order valence-electron chi connectivity index (χ4n) is 2.95. The van der Waals surface area contributed by atoms with E-state index in [0.717, 1.165) is 16.9 Å². The summed E-state index contributed by atoms with van der Waals surface area (Å²) in [5.41, 5.74) is 1.81. The maximum absolute atomic E-state index is 12.3. The fourth-order valence-corrected chi connectivity index (χ4v) is 2.95. The SMILES string of the molecule is CC(C)(C)OC1CN[C@H](C(=O)NCc2ccc(-c3cnco3)cc2)C1. The summed E-state index contributed by atoms with van der Waals surface area (Å²) in [6.45, 7) is 7.30. The normalized spacial score (nSPS) is 20.6. The average molecular weight is 343 g/mol. The van der Waals surface area contributed by atoms with Gasteiger partial charge in [0.1, 0.15) is 0 Å². The molecule has 1 aromatic heterocycles. The minimum absolute atomic E-state index is 0.0133. The molecule has 1 aliphatic rings. The molecule has 2 aromatic rings. The number of amides is 1. The summed E-state index contributed by atoms with van der Waals surface area (Å²) in [7, 11) is 0. The Morgan fingerprint density at radius 2 is 2.12 bits per heavy atom. The van der Waals surface area contributed by atoms with E-state index >= 15 is 0 Å². The molecule has 3 rings (SSSR count). The van der Waals surface area contributed by atoms with Crippen molar-refractivity contribution >= 4 is 5.91 Å². The summed E-state index contributed by atoms with van der Waals surface area (Å²) in [5, 5.41) is 6.22. The molecule has 2 heterocycles. The number of carbonyl (C=O) groups excluding carboxylic acids is 1. The highest BCUT2D eigenvalue weighted by molar-refractivity contribution is 5.82. The highest BCUT2D eigenvalue weighted by Crippen LogP contribution is 2.20. The monoisotopic (exact) mass is 343 g/mol. The van der Waals surface area contributed by atoms with Gasteiger partial charge in [-0.15, -0.1) is 0 Å². The maximum Gasteiger partial charge on any atom is 0.237 e. The van der Waals surface area contributed by atoms with Crippen LogP contribution in [0.1, 0.15) is 32.8 Å². The predicted molar refractivity (Wildman–Crippen MR) is 94.8 cm³/mol. The van der Waals surface area contributed by atoms with Crippen LogP contribution in [0.5, 0.6) is 0 Å². The Kier molecular flexibility index (Phi) is 5.20. The summed E-state index contributed by atoms with van der Waals surface area (Å²) in [6, 6.07) is 7.68. The molecule has 6 nitrogen and oxygen atoms in total. The Labute approximate surface area is 148 Å². The standard InChI is InChI=1S/C19H25N3O3/c1-19(2,3)25-15-8-16(21-10-15)18(23)22-9-13-4-6-14(7-5-13)17-11-20-12-24-17/h4-7,11-12,15-16,21H,8-10H2,1-3H3,(H,22,23)/t15?,16-/m0/s1. The van der Waals surface area contributed by atoms with Crippen molar-refractivity contribution in [1.82, 2.24) is 15.6 Å². The van der Waals surface area contributed by atoms with E-state index in [0.29, 0.717) is 19.5 Å². The van der Waals surface area contributed by atoms with Gasteiger partial charge in [-0.25, -0.2) is 4.98 Å². The minimum atomic E-state index is -0.194. The molecule has 1 amide bonds. The third-order valence-electron chi connectivity index (χ3n) is 4.06. The van der Waals surface area contributed by atoms with E-state index in [-0.39, 0.29) is 23.7 Å². The lowest BCUT2D eigenvalue weighted by molar-refractivity contribution is -0.123. The first kappa shape index (κ1) is 17.6. The quantitative estimate of drug-likeness (QED) is 0.872. The Balaban J connectivity index is 1.48. The summed E-state index contributed by atoms with van der Waals surface area (Å²) in [6.07, 6.45) is 3.87. The van der Waals surface area contributed by atoms with Gasteiger partial charge in [0.15, 0.2) is 12.2 Å². The van der Waals surface area contributed by atoms with Crippen LogP contribution in [0.15, 0.2) is 41.3 Å². The van der Waals surface area contributed by atoms with Crippen LogP contribution in [0, 0.1) is 0 Å². The number of nitrogens with zero attached hydrogens (tertiary/aromatic N) is 1. The molecule has 25 heavy (non-hydrogen) atoms. The van der Waals surface area contributed by atoms with Gasteiger partial charge in [-0.1, -0.05) is 24.3 Å². The number of aromatic nitrogens is 1. The van der Waals surface area contributed by atoms with Crippen molar-refractivity contribution in [2.45, 2.75) is 51.5 Å². The van der Waals surface area contributed by atoms with Crippen LogP contribution in [-0.4, -0.2) is 35.2 Å². The van der Waals surface area contributed by atoms with Gasteiger partial charge in [-0.3, -0.25) is 4.79 Å². The highest BCUT2D eigenvalue weighted by Gasteiger charge is 2.32. The molecule has 0 aliphatic carbocycles. The number of carbonyl (C=O) groups is 1. The lowest BCUT2D eigenvalue weighted by atomic mass is 10.1. The van der Waals surface area contributed by atoms with Crippen LogP contribution < -0.4 is 10.6 Å². The zero-order chi connectivity index (χ0) is 17.9. The number of hydrogen-bond acceptors (Lipinski definition) is 5. The first-order valence-corrected chi connectivity index (χ1v) is 8.57. The lowest BCUT2D eigenvalue weighted by Gasteiger charge is -2.24. The van der Waals surface area contributed by atoms with Crippen molar-refractivity contribution in [3.63, 3.8) is 0 Å². The van der Waals surface area contributed by atoms with Crippen LogP contribution in [0.3, 0.4) is 0 Å². The number of oxazole rings is 1.